The van der Waals surface area contributed by atoms with Gasteiger partial charge in [0.25, 0.3) is 0 Å². The molecule has 21 heteroatoms. The van der Waals surface area contributed by atoms with Crippen LogP contribution in [0.1, 0.15) is 157 Å². The second-order valence-electron chi connectivity index (χ2n) is 29.6. The minimum absolute atomic E-state index is 0.0412. The normalized spacial score (nSPS) is 13.5. The molecule has 20 nitrogen and oxygen atoms in total. The molecule has 4 atom stereocenters. The molecule has 0 heterocycles. The first-order valence-corrected chi connectivity index (χ1v) is 42.4. The van der Waals surface area contributed by atoms with Crippen molar-refractivity contribution in [3.63, 3.8) is 0 Å². The zero-order chi connectivity index (χ0) is 83.8. The summed E-state index contributed by atoms with van der Waals surface area (Å²) in [7, 11) is 0. The second kappa shape index (κ2) is 55.2. The first-order valence-electron chi connectivity index (χ1n) is 42.0. The van der Waals surface area contributed by atoms with Crippen LogP contribution in [0.3, 0.4) is 0 Å². The summed E-state index contributed by atoms with van der Waals surface area (Å²) in [5.41, 5.74) is 19.4. The second-order valence-corrected chi connectivity index (χ2v) is 30.0. The molecular formula is C96H132ClN7O13. The Balaban J connectivity index is 0.000000217. The number of halogens is 1. The first kappa shape index (κ1) is 95.5. The van der Waals surface area contributed by atoms with Crippen LogP contribution in [0.15, 0.2) is 218 Å². The number of rotatable bonds is 47. The molecule has 1 saturated carbocycles. The Kier molecular flexibility index (Phi) is 45.0. The van der Waals surface area contributed by atoms with Crippen LogP contribution in [-0.2, 0) is 6.42 Å². The van der Waals surface area contributed by atoms with Crippen LogP contribution in [0.2, 0.25) is 5.02 Å². The van der Waals surface area contributed by atoms with Gasteiger partial charge < -0.3 is 102 Å². The zero-order valence-corrected chi connectivity index (χ0v) is 69.6. The van der Waals surface area contributed by atoms with Crippen molar-refractivity contribution in [1.82, 2.24) is 0 Å². The molecule has 0 aromatic heterocycles. The lowest BCUT2D eigenvalue weighted by Gasteiger charge is -2.27. The van der Waals surface area contributed by atoms with Crippen molar-refractivity contribution < 1.29 is 66.4 Å². The third-order valence-electron chi connectivity index (χ3n) is 21.4. The van der Waals surface area contributed by atoms with Gasteiger partial charge in [0.1, 0.15) is 0 Å². The molecule has 1 aliphatic carbocycles. The fourth-order valence-corrected chi connectivity index (χ4v) is 15.4. The van der Waals surface area contributed by atoms with Crippen LogP contribution in [0.4, 0.5) is 39.8 Å². The number of nitrogens with one attached hydrogen (secondary N) is 2. The Bertz CT molecular complexity index is 3890. The van der Waals surface area contributed by atoms with Crippen LogP contribution in [0.25, 0.3) is 0 Å². The number of aliphatic hydroxyl groups excluding tert-OH is 13. The zero-order valence-electron chi connectivity index (χ0n) is 68.8. The maximum absolute atomic E-state index is 10.1. The molecule has 4 unspecified atom stereocenters. The molecule has 15 N–H and O–H groups in total. The number of benzene rings is 9. The van der Waals surface area contributed by atoms with Gasteiger partial charge in [-0.25, -0.2) is 0 Å². The molecule has 0 spiro atoms. The van der Waals surface area contributed by atoms with Crippen LogP contribution >= 0.6 is 11.6 Å². The molecule has 0 aliphatic heterocycles. The Morgan fingerprint density at radius 3 is 0.932 bits per heavy atom. The Morgan fingerprint density at radius 1 is 0.325 bits per heavy atom. The molecule has 0 saturated heterocycles. The van der Waals surface area contributed by atoms with Crippen LogP contribution in [-0.4, -0.2) is 230 Å². The third-order valence-corrected chi connectivity index (χ3v) is 21.6. The van der Waals surface area contributed by atoms with Gasteiger partial charge in [0.05, 0.1) is 85.4 Å². The molecular weight excluding hydrogens is 1490 g/mol. The standard InChI is InChI=1S/C29H34ClNO3.C24H36N2O4.C24H36N2O3.C19H26N2O3/c30-26-12-8-23(9-13-26)29(24-10-14-27(15-11-24)31(16-18-32)17-19-33)22-6-4-21(5-7-22)25-2-1-3-28(34)20-25;1-2-3-24(20-4-8-22(9-5-20)25(12-16-27)13-17-28)21-6-10-23(11-7-21)26(14-18-29)15-19-30;1-2-3-4-5-24(20-6-10-22(11-7-20)25-14-17-27)21-8-12-23(13-9-21)26(15-18-28)16-19-29;22-12-9-20-18-5-1-16(2-6-18)15-17-3-7-19(8-4-17)21(10-13-23)11-14-24/h4-15,25,28-29,32-34H,1-3,16-20H2;4-11,24,27-30H,2-3,12-19H2,1H3;6-13,24-25,27-29H,2-5,14-19H2,1H3;1-8,20,22-24H,9-15H2. The van der Waals surface area contributed by atoms with E-state index in [9.17, 15) is 46.0 Å². The predicted octanol–water partition coefficient (Wildman–Crippen LogP) is 12.6. The predicted molar refractivity (Wildman–Crippen MR) is 480 cm³/mol. The number of nitrogens with zero attached hydrogens (tertiary/aromatic N) is 5. The van der Waals surface area contributed by atoms with Crippen LogP contribution in [0, 0.1) is 0 Å². The molecule has 0 radical (unpaired) electrons. The van der Waals surface area contributed by atoms with Gasteiger partial charge in [-0.05, 0) is 197 Å². The molecule has 117 heavy (non-hydrogen) atoms. The quantitative estimate of drug-likeness (QED) is 0.0125. The van der Waals surface area contributed by atoms with Crippen molar-refractivity contribution in [2.24, 2.45) is 0 Å². The van der Waals surface area contributed by atoms with Gasteiger partial charge in [0.15, 0.2) is 0 Å². The number of aliphatic hydroxyl groups is 13. The van der Waals surface area contributed by atoms with E-state index in [1.165, 1.54) is 74.9 Å². The van der Waals surface area contributed by atoms with Gasteiger partial charge in [-0.1, -0.05) is 179 Å². The summed E-state index contributed by atoms with van der Waals surface area (Å²) in [6.45, 7) is 11.3. The van der Waals surface area contributed by atoms with E-state index < -0.39 is 0 Å². The molecule has 9 aromatic carbocycles. The van der Waals surface area contributed by atoms with Crippen LogP contribution < -0.4 is 35.1 Å². The highest BCUT2D eigenvalue weighted by atomic mass is 35.5. The molecule has 1 fully saturated rings. The topological polar surface area (TPSA) is 303 Å². The van der Waals surface area contributed by atoms with E-state index in [2.05, 4.69) is 206 Å². The third kappa shape index (κ3) is 31.9. The van der Waals surface area contributed by atoms with Gasteiger partial charge in [-0.2, -0.15) is 0 Å². The summed E-state index contributed by atoms with van der Waals surface area (Å²) < 4.78 is 0. The van der Waals surface area contributed by atoms with E-state index in [-0.39, 0.29) is 97.2 Å². The Labute approximate surface area is 700 Å². The molecule has 636 valence electrons. The van der Waals surface area contributed by atoms with Gasteiger partial charge >= 0.3 is 0 Å². The summed E-state index contributed by atoms with van der Waals surface area (Å²) in [5.74, 6) is 1.11. The minimum atomic E-state index is -0.185. The van der Waals surface area contributed by atoms with Crippen molar-refractivity contribution in [2.75, 3.05) is 193 Å². The van der Waals surface area contributed by atoms with Crippen molar-refractivity contribution in [1.29, 1.82) is 0 Å². The number of hydrogen-bond donors (Lipinski definition) is 15. The summed E-state index contributed by atoms with van der Waals surface area (Å²) in [5, 5.41) is 127. The van der Waals surface area contributed by atoms with Crippen molar-refractivity contribution in [3.8, 4) is 0 Å². The van der Waals surface area contributed by atoms with Gasteiger partial charge in [0.2, 0.25) is 0 Å². The van der Waals surface area contributed by atoms with Crippen molar-refractivity contribution in [3.05, 3.63) is 279 Å². The highest BCUT2D eigenvalue weighted by Gasteiger charge is 2.25. The average molecular weight is 1630 g/mol. The van der Waals surface area contributed by atoms with E-state index in [0.717, 1.165) is 91.2 Å². The fraction of sp³-hybridized carbons (Fsp3) is 0.438. The maximum atomic E-state index is 10.1. The minimum Gasteiger partial charge on any atom is -0.395 e. The first-order chi connectivity index (χ1) is 57.2. The number of anilines is 7. The van der Waals surface area contributed by atoms with E-state index in [0.29, 0.717) is 95.4 Å². The largest absolute Gasteiger partial charge is 0.395 e. The number of unbranched alkanes of at least 4 members (excludes halogenated alkanes) is 2. The lowest BCUT2D eigenvalue weighted by molar-refractivity contribution is 0.119. The SMILES string of the molecule is CCCC(c1ccc(N(CCO)CCO)cc1)c1ccc(N(CCO)CCO)cc1.CCCCCC(c1ccc(NCCO)cc1)c1ccc(N(CCO)CCO)cc1.OCCN(CCO)c1ccc(C(c2ccc(Cl)cc2)c2ccc(C3CCCC(O)C3)cc2)cc1.OCCNc1ccc(Cc2ccc(N(CCO)CCO)cc2)cc1. The molecule has 0 amide bonds. The lowest BCUT2D eigenvalue weighted by Crippen LogP contribution is -2.29. The fourth-order valence-electron chi connectivity index (χ4n) is 15.3. The highest BCUT2D eigenvalue weighted by Crippen LogP contribution is 2.39. The molecule has 0 bridgehead atoms. The summed E-state index contributed by atoms with van der Waals surface area (Å²) in [6.07, 6.45) is 11.5. The van der Waals surface area contributed by atoms with E-state index in [1.807, 2.05) is 60.9 Å². The molecule has 9 aromatic rings. The van der Waals surface area contributed by atoms with Gasteiger partial charge in [-0.15, -0.1) is 0 Å². The van der Waals surface area contributed by atoms with E-state index in [4.69, 9.17) is 32.0 Å². The Morgan fingerprint density at radius 2 is 0.615 bits per heavy atom. The lowest BCUT2D eigenvalue weighted by atomic mass is 9.80. The van der Waals surface area contributed by atoms with Crippen LogP contribution in [0.5, 0.6) is 0 Å². The summed E-state index contributed by atoms with van der Waals surface area (Å²) in [6, 6.07) is 75.5. The molecule has 10 rings (SSSR count). The van der Waals surface area contributed by atoms with Gasteiger partial charge in [0, 0.05) is 141 Å². The van der Waals surface area contributed by atoms with Crippen molar-refractivity contribution >= 4 is 51.4 Å². The number of hydrogen-bond acceptors (Lipinski definition) is 20. The van der Waals surface area contributed by atoms with E-state index >= 15 is 0 Å². The summed E-state index contributed by atoms with van der Waals surface area (Å²) >= 11 is 6.18. The highest BCUT2D eigenvalue weighted by molar-refractivity contribution is 6.30. The molecule has 1 aliphatic rings. The average Bonchev–Trinajstić information content (AvgIpc) is 0.838. The summed E-state index contributed by atoms with van der Waals surface area (Å²) in [4.78, 5) is 9.89. The maximum Gasteiger partial charge on any atom is 0.0606 e. The van der Waals surface area contributed by atoms with E-state index in [1.54, 1.807) is 0 Å². The smallest absolute Gasteiger partial charge is 0.0606 e. The monoisotopic (exact) mass is 1630 g/mol. The van der Waals surface area contributed by atoms with Gasteiger partial charge in [-0.3, -0.25) is 0 Å². The van der Waals surface area contributed by atoms with Crippen molar-refractivity contribution in [2.45, 2.75) is 114 Å². The Hall–Kier alpha value is -8.65.